The number of carbonyl (C=O) groups is 1. The minimum Gasteiger partial charge on any atom is -0.323 e. The molecule has 0 aliphatic carbocycles. The fourth-order valence-electron chi connectivity index (χ4n) is 3.13. The van der Waals surface area contributed by atoms with Crippen LogP contribution in [-0.4, -0.2) is 25.9 Å². The van der Waals surface area contributed by atoms with Crippen LogP contribution < -0.4 is 5.32 Å². The van der Waals surface area contributed by atoms with Gasteiger partial charge in [-0.05, 0) is 48.9 Å². The summed E-state index contributed by atoms with van der Waals surface area (Å²) in [5.41, 5.74) is 2.08. The molecule has 0 bridgehead atoms. The quantitative estimate of drug-likeness (QED) is 0.351. The van der Waals surface area contributed by atoms with Crippen LogP contribution in [0.25, 0.3) is 5.69 Å². The van der Waals surface area contributed by atoms with Gasteiger partial charge in [0, 0.05) is 17.1 Å². The molecule has 4 aromatic rings. The van der Waals surface area contributed by atoms with Gasteiger partial charge in [-0.25, -0.2) is 4.39 Å². The first-order valence-corrected chi connectivity index (χ1v) is 11.2. The Bertz CT molecular complexity index is 1210. The third-order valence-electron chi connectivity index (χ3n) is 4.77. The number of carbonyl (C=O) groups excluding carboxylic acids is 1. The highest BCUT2D eigenvalue weighted by Gasteiger charge is 2.22. The Morgan fingerprint density at radius 1 is 1.03 bits per heavy atom. The maximum atomic E-state index is 13.9. The van der Waals surface area contributed by atoms with E-state index in [4.69, 9.17) is 11.6 Å². The van der Waals surface area contributed by atoms with Crippen LogP contribution in [0.15, 0.2) is 84.0 Å². The molecular weight excluding hydrogens is 447 g/mol. The Hall–Kier alpha value is -3.16. The number of amides is 1. The Kier molecular flexibility index (Phi) is 6.87. The van der Waals surface area contributed by atoms with Crippen LogP contribution in [0.3, 0.4) is 0 Å². The van der Waals surface area contributed by atoms with Gasteiger partial charge in [0.2, 0.25) is 5.91 Å². The molecule has 1 amide bonds. The van der Waals surface area contributed by atoms with Gasteiger partial charge in [0.25, 0.3) is 0 Å². The van der Waals surface area contributed by atoms with E-state index in [0.717, 1.165) is 17.1 Å². The van der Waals surface area contributed by atoms with Gasteiger partial charge in [-0.2, -0.15) is 0 Å². The molecule has 32 heavy (non-hydrogen) atoms. The van der Waals surface area contributed by atoms with Gasteiger partial charge in [0.1, 0.15) is 11.6 Å². The van der Waals surface area contributed by atoms with Crippen molar-refractivity contribution in [1.29, 1.82) is 0 Å². The van der Waals surface area contributed by atoms with E-state index in [2.05, 4.69) is 15.5 Å². The lowest BCUT2D eigenvalue weighted by Crippen LogP contribution is -2.23. The van der Waals surface area contributed by atoms with E-state index >= 15 is 0 Å². The number of thioether (sulfide) groups is 1. The molecule has 3 aromatic carbocycles. The molecule has 0 radical (unpaired) electrons. The molecule has 1 unspecified atom stereocenters. The summed E-state index contributed by atoms with van der Waals surface area (Å²) in [6.07, 6.45) is 0.576. The monoisotopic (exact) mass is 466 g/mol. The smallest absolute Gasteiger partial charge is 0.237 e. The van der Waals surface area contributed by atoms with Gasteiger partial charge in [-0.15, -0.1) is 10.2 Å². The van der Waals surface area contributed by atoms with Crippen molar-refractivity contribution in [1.82, 2.24) is 14.8 Å². The second-order valence-electron chi connectivity index (χ2n) is 7.10. The van der Waals surface area contributed by atoms with Gasteiger partial charge < -0.3 is 5.32 Å². The topological polar surface area (TPSA) is 59.8 Å². The second-order valence-corrected chi connectivity index (χ2v) is 8.85. The summed E-state index contributed by atoms with van der Waals surface area (Å²) in [6, 6.07) is 23.4. The Balaban J connectivity index is 1.60. The van der Waals surface area contributed by atoms with Crippen molar-refractivity contribution < 1.29 is 9.18 Å². The van der Waals surface area contributed by atoms with Gasteiger partial charge in [-0.1, -0.05) is 65.8 Å². The van der Waals surface area contributed by atoms with Gasteiger partial charge >= 0.3 is 0 Å². The van der Waals surface area contributed by atoms with E-state index in [0.29, 0.717) is 16.6 Å². The van der Waals surface area contributed by atoms with Crippen molar-refractivity contribution in [2.75, 3.05) is 5.32 Å². The first-order valence-electron chi connectivity index (χ1n) is 9.97. The predicted octanol–water partition coefficient (Wildman–Crippen LogP) is 5.77. The van der Waals surface area contributed by atoms with Crippen LogP contribution in [0.1, 0.15) is 18.3 Å². The van der Waals surface area contributed by atoms with Crippen LogP contribution in [0.5, 0.6) is 0 Å². The average Bonchev–Trinajstić information content (AvgIpc) is 3.18. The van der Waals surface area contributed by atoms with Crippen molar-refractivity contribution in [3.63, 3.8) is 0 Å². The molecule has 8 heteroatoms. The Morgan fingerprint density at radius 2 is 1.72 bits per heavy atom. The molecule has 162 valence electrons. The highest BCUT2D eigenvalue weighted by molar-refractivity contribution is 8.00. The molecule has 0 spiro atoms. The molecule has 5 nitrogen and oxygen atoms in total. The van der Waals surface area contributed by atoms with Gasteiger partial charge in [0.05, 0.1) is 10.9 Å². The average molecular weight is 467 g/mol. The minimum absolute atomic E-state index is 0.147. The lowest BCUT2D eigenvalue weighted by atomic mass is 10.1. The number of nitrogens with zero attached hydrogens (tertiary/aromatic N) is 3. The summed E-state index contributed by atoms with van der Waals surface area (Å²) in [5.74, 6) is -0.0642. The number of hydrogen-bond acceptors (Lipinski definition) is 4. The number of hydrogen-bond donors (Lipinski definition) is 1. The van der Waals surface area contributed by atoms with Crippen molar-refractivity contribution in [3.8, 4) is 5.69 Å². The zero-order chi connectivity index (χ0) is 22.5. The Morgan fingerprint density at radius 3 is 2.44 bits per heavy atom. The largest absolute Gasteiger partial charge is 0.323 e. The number of para-hydroxylation sites is 1. The fraction of sp³-hybridized carbons (Fsp3) is 0.125. The van der Waals surface area contributed by atoms with E-state index in [9.17, 15) is 9.18 Å². The van der Waals surface area contributed by atoms with Crippen molar-refractivity contribution in [2.45, 2.75) is 23.8 Å². The fourth-order valence-corrected chi connectivity index (χ4v) is 4.14. The summed E-state index contributed by atoms with van der Waals surface area (Å²) in [6.45, 7) is 1.75. The molecule has 1 aromatic heterocycles. The number of anilines is 1. The molecule has 4 rings (SSSR count). The SMILES string of the molecule is CC(Sc1nnc(Cc2ccccc2)n1-c1ccc(Cl)cc1)C(=O)Nc1ccccc1F. The number of aromatic nitrogens is 3. The lowest BCUT2D eigenvalue weighted by molar-refractivity contribution is -0.115. The summed E-state index contributed by atoms with van der Waals surface area (Å²) in [7, 11) is 0. The third kappa shape index (κ3) is 5.18. The molecule has 0 fully saturated rings. The normalized spacial score (nSPS) is 11.8. The molecule has 0 aliphatic heterocycles. The molecule has 0 saturated heterocycles. The molecule has 0 aliphatic rings. The number of nitrogens with one attached hydrogen (secondary N) is 1. The molecule has 1 N–H and O–H groups in total. The van der Waals surface area contributed by atoms with E-state index in [-0.39, 0.29) is 11.6 Å². The minimum atomic E-state index is -0.533. The van der Waals surface area contributed by atoms with Crippen molar-refractivity contribution >= 4 is 35.0 Å². The summed E-state index contributed by atoms with van der Waals surface area (Å²) < 4.78 is 15.8. The zero-order valence-corrected chi connectivity index (χ0v) is 18.8. The van der Waals surface area contributed by atoms with E-state index in [1.165, 1.54) is 23.9 Å². The number of rotatable bonds is 7. The number of benzene rings is 3. The first-order chi connectivity index (χ1) is 15.5. The second kappa shape index (κ2) is 9.97. The van der Waals surface area contributed by atoms with Crippen LogP contribution in [0.4, 0.5) is 10.1 Å². The van der Waals surface area contributed by atoms with Crippen LogP contribution in [0, 0.1) is 5.82 Å². The van der Waals surface area contributed by atoms with Gasteiger partial charge in [-0.3, -0.25) is 9.36 Å². The molecule has 1 heterocycles. The van der Waals surface area contributed by atoms with Crippen LogP contribution >= 0.6 is 23.4 Å². The summed E-state index contributed by atoms with van der Waals surface area (Å²) in [5, 5.41) is 12.0. The standard InChI is InChI=1S/C24H20ClFN4OS/c1-16(23(31)27-21-10-6-5-9-20(21)26)32-24-29-28-22(15-17-7-3-2-4-8-17)30(24)19-13-11-18(25)12-14-19/h2-14,16H,15H2,1H3,(H,27,31). The van der Waals surface area contributed by atoms with Crippen molar-refractivity contribution in [3.05, 3.63) is 101 Å². The van der Waals surface area contributed by atoms with Crippen LogP contribution in [0.2, 0.25) is 5.02 Å². The highest BCUT2D eigenvalue weighted by Crippen LogP contribution is 2.28. The van der Waals surface area contributed by atoms with Gasteiger partial charge in [0.15, 0.2) is 5.16 Å². The summed E-state index contributed by atoms with van der Waals surface area (Å²) >= 11 is 7.32. The molecule has 1 atom stereocenters. The molecular formula is C24H20ClFN4OS. The Labute approximate surface area is 194 Å². The third-order valence-corrected chi connectivity index (χ3v) is 6.07. The zero-order valence-electron chi connectivity index (χ0n) is 17.2. The summed E-state index contributed by atoms with van der Waals surface area (Å²) in [4.78, 5) is 12.7. The van der Waals surface area contributed by atoms with Crippen LogP contribution in [-0.2, 0) is 11.2 Å². The van der Waals surface area contributed by atoms with E-state index < -0.39 is 11.1 Å². The lowest BCUT2D eigenvalue weighted by Gasteiger charge is -2.14. The highest BCUT2D eigenvalue weighted by atomic mass is 35.5. The maximum absolute atomic E-state index is 13.9. The maximum Gasteiger partial charge on any atom is 0.237 e. The van der Waals surface area contributed by atoms with E-state index in [1.54, 1.807) is 31.2 Å². The predicted molar refractivity (Wildman–Crippen MR) is 126 cm³/mol. The van der Waals surface area contributed by atoms with E-state index in [1.807, 2.05) is 47.0 Å². The van der Waals surface area contributed by atoms with Crippen molar-refractivity contribution in [2.24, 2.45) is 0 Å². The first kappa shape index (κ1) is 22.0. The number of halogens is 2. The molecule has 0 saturated carbocycles.